The van der Waals surface area contributed by atoms with E-state index in [1.807, 2.05) is 6.92 Å². The fourth-order valence-electron chi connectivity index (χ4n) is 1.46. The standard InChI is InChI=1S/C14H20N2O4S/c1-7-8(2)21-11(16-13(19)14(3,4)5)10(7)12(18)20-6-9(15)17/h6H2,1-5H3,(H2,15,17)(H,16,19). The first-order chi connectivity index (χ1) is 9.54. The first kappa shape index (κ1) is 17.2. The van der Waals surface area contributed by atoms with Crippen molar-refractivity contribution in [2.45, 2.75) is 34.6 Å². The number of thiophene rings is 1. The van der Waals surface area contributed by atoms with Crippen LogP contribution in [0.5, 0.6) is 0 Å². The average molecular weight is 312 g/mol. The molecule has 1 rings (SSSR count). The lowest BCUT2D eigenvalue weighted by atomic mass is 9.96. The highest BCUT2D eigenvalue weighted by Gasteiger charge is 2.27. The molecule has 0 saturated carbocycles. The summed E-state index contributed by atoms with van der Waals surface area (Å²) in [5, 5.41) is 3.17. The molecule has 0 saturated heterocycles. The second-order valence-corrected chi connectivity index (χ2v) is 6.96. The first-order valence-electron chi connectivity index (χ1n) is 6.41. The number of amides is 2. The zero-order valence-electron chi connectivity index (χ0n) is 12.8. The van der Waals surface area contributed by atoms with Crippen LogP contribution in [0.3, 0.4) is 0 Å². The van der Waals surface area contributed by atoms with Gasteiger partial charge in [0.15, 0.2) is 6.61 Å². The Balaban J connectivity index is 3.06. The quantitative estimate of drug-likeness (QED) is 0.831. The number of hydrogen-bond donors (Lipinski definition) is 2. The summed E-state index contributed by atoms with van der Waals surface area (Å²) in [6.07, 6.45) is 0. The van der Waals surface area contributed by atoms with E-state index < -0.39 is 23.9 Å². The van der Waals surface area contributed by atoms with Gasteiger partial charge in [0.05, 0.1) is 5.56 Å². The molecule has 0 aliphatic carbocycles. The highest BCUT2D eigenvalue weighted by molar-refractivity contribution is 7.16. The van der Waals surface area contributed by atoms with Gasteiger partial charge in [-0.3, -0.25) is 9.59 Å². The van der Waals surface area contributed by atoms with E-state index in [2.05, 4.69) is 5.32 Å². The van der Waals surface area contributed by atoms with Gasteiger partial charge in [-0.2, -0.15) is 0 Å². The van der Waals surface area contributed by atoms with Crippen molar-refractivity contribution in [3.05, 3.63) is 16.0 Å². The number of ether oxygens (including phenoxy) is 1. The summed E-state index contributed by atoms with van der Waals surface area (Å²) in [5.41, 5.74) is 5.37. The summed E-state index contributed by atoms with van der Waals surface area (Å²) in [5.74, 6) is -1.60. The van der Waals surface area contributed by atoms with Gasteiger partial charge in [-0.15, -0.1) is 11.3 Å². The molecule has 0 radical (unpaired) electrons. The van der Waals surface area contributed by atoms with Gasteiger partial charge in [0.25, 0.3) is 5.91 Å². The topological polar surface area (TPSA) is 98.5 Å². The van der Waals surface area contributed by atoms with Crippen LogP contribution in [0.2, 0.25) is 0 Å². The number of carbonyl (C=O) groups excluding carboxylic acids is 3. The van der Waals surface area contributed by atoms with Crippen molar-refractivity contribution in [1.82, 2.24) is 0 Å². The fourth-order valence-corrected chi connectivity index (χ4v) is 2.50. The van der Waals surface area contributed by atoms with E-state index in [1.165, 1.54) is 11.3 Å². The van der Waals surface area contributed by atoms with Gasteiger partial charge in [-0.1, -0.05) is 20.8 Å². The lowest BCUT2D eigenvalue weighted by Gasteiger charge is -2.17. The van der Waals surface area contributed by atoms with Crippen LogP contribution in [0.4, 0.5) is 5.00 Å². The molecule has 0 aliphatic heterocycles. The van der Waals surface area contributed by atoms with Crippen molar-refractivity contribution in [1.29, 1.82) is 0 Å². The Morgan fingerprint density at radius 3 is 2.29 bits per heavy atom. The number of rotatable bonds is 4. The van der Waals surface area contributed by atoms with Crippen LogP contribution in [-0.4, -0.2) is 24.4 Å². The Bertz CT molecular complexity index is 585. The van der Waals surface area contributed by atoms with Crippen molar-refractivity contribution in [3.63, 3.8) is 0 Å². The zero-order chi connectivity index (χ0) is 16.4. The summed E-state index contributed by atoms with van der Waals surface area (Å²) in [7, 11) is 0. The predicted molar refractivity (Wildman–Crippen MR) is 81.4 cm³/mol. The molecule has 1 heterocycles. The Morgan fingerprint density at radius 1 is 1.24 bits per heavy atom. The summed E-state index contributed by atoms with van der Waals surface area (Å²) in [6.45, 7) is 8.46. The van der Waals surface area contributed by atoms with Gasteiger partial charge >= 0.3 is 5.97 Å². The molecule has 0 unspecified atom stereocenters. The maximum atomic E-state index is 12.1. The highest BCUT2D eigenvalue weighted by Crippen LogP contribution is 2.34. The second kappa shape index (κ2) is 6.26. The number of nitrogens with two attached hydrogens (primary N) is 1. The smallest absolute Gasteiger partial charge is 0.341 e. The third-order valence-corrected chi connectivity index (χ3v) is 3.97. The molecule has 7 heteroatoms. The van der Waals surface area contributed by atoms with Crippen molar-refractivity contribution >= 4 is 34.1 Å². The second-order valence-electron chi connectivity index (χ2n) is 5.73. The van der Waals surface area contributed by atoms with Crippen molar-refractivity contribution < 1.29 is 19.1 Å². The summed E-state index contributed by atoms with van der Waals surface area (Å²) < 4.78 is 4.83. The fraction of sp³-hybridized carbons (Fsp3) is 0.500. The minimum atomic E-state index is -0.728. The number of hydrogen-bond acceptors (Lipinski definition) is 5. The van der Waals surface area contributed by atoms with Crippen molar-refractivity contribution in [2.75, 3.05) is 11.9 Å². The van der Waals surface area contributed by atoms with E-state index >= 15 is 0 Å². The maximum absolute atomic E-state index is 12.1. The molecule has 3 N–H and O–H groups in total. The number of aryl methyl sites for hydroxylation is 1. The number of carbonyl (C=O) groups is 3. The lowest BCUT2D eigenvalue weighted by molar-refractivity contribution is -0.123. The lowest BCUT2D eigenvalue weighted by Crippen LogP contribution is -2.28. The largest absolute Gasteiger partial charge is 0.452 e. The third-order valence-electron chi connectivity index (χ3n) is 2.84. The molecule has 1 aromatic heterocycles. The van der Waals surface area contributed by atoms with E-state index in [4.69, 9.17) is 10.5 Å². The average Bonchev–Trinajstić information content (AvgIpc) is 2.61. The molecule has 116 valence electrons. The molecule has 1 aromatic rings. The number of esters is 1. The van der Waals surface area contributed by atoms with Gasteiger partial charge in [-0.25, -0.2) is 4.79 Å². The summed E-state index contributed by atoms with van der Waals surface area (Å²) in [4.78, 5) is 35.7. The van der Waals surface area contributed by atoms with Crippen molar-refractivity contribution in [2.24, 2.45) is 11.1 Å². The molecular formula is C14H20N2O4S. The SMILES string of the molecule is Cc1sc(NC(=O)C(C)(C)C)c(C(=O)OCC(N)=O)c1C. The normalized spacial score (nSPS) is 11.1. The number of primary amides is 1. The third kappa shape index (κ3) is 4.29. The Kier molecular flexibility index (Phi) is 5.11. The number of nitrogens with one attached hydrogen (secondary N) is 1. The van der Waals surface area contributed by atoms with Crippen LogP contribution in [0, 0.1) is 19.3 Å². The first-order valence-corrected chi connectivity index (χ1v) is 7.22. The molecule has 6 nitrogen and oxygen atoms in total. The van der Waals surface area contributed by atoms with Gasteiger partial charge in [0.2, 0.25) is 5.91 Å². The monoisotopic (exact) mass is 312 g/mol. The minimum Gasteiger partial charge on any atom is -0.452 e. The molecule has 21 heavy (non-hydrogen) atoms. The van der Waals surface area contributed by atoms with Crippen LogP contribution < -0.4 is 11.1 Å². The minimum absolute atomic E-state index is 0.201. The van der Waals surface area contributed by atoms with Gasteiger partial charge in [0, 0.05) is 10.3 Å². The van der Waals surface area contributed by atoms with Gasteiger partial charge in [0.1, 0.15) is 5.00 Å². The molecule has 2 amide bonds. The molecule has 0 aromatic carbocycles. The summed E-state index contributed by atoms with van der Waals surface area (Å²) >= 11 is 1.30. The van der Waals surface area contributed by atoms with E-state index in [9.17, 15) is 14.4 Å². The van der Waals surface area contributed by atoms with Crippen LogP contribution in [0.1, 0.15) is 41.6 Å². The van der Waals surface area contributed by atoms with E-state index in [1.54, 1.807) is 27.7 Å². The molecule has 0 fully saturated rings. The Morgan fingerprint density at radius 2 is 1.81 bits per heavy atom. The molecular weight excluding hydrogens is 292 g/mol. The van der Waals surface area contributed by atoms with Crippen LogP contribution in [-0.2, 0) is 14.3 Å². The Labute approximate surface area is 127 Å². The van der Waals surface area contributed by atoms with Crippen LogP contribution >= 0.6 is 11.3 Å². The van der Waals surface area contributed by atoms with Crippen LogP contribution in [0.25, 0.3) is 0 Å². The van der Waals surface area contributed by atoms with E-state index in [-0.39, 0.29) is 11.5 Å². The number of anilines is 1. The van der Waals surface area contributed by atoms with Crippen LogP contribution in [0.15, 0.2) is 0 Å². The van der Waals surface area contributed by atoms with Gasteiger partial charge in [-0.05, 0) is 19.4 Å². The summed E-state index contributed by atoms with van der Waals surface area (Å²) in [6, 6.07) is 0. The zero-order valence-corrected chi connectivity index (χ0v) is 13.6. The molecule has 0 bridgehead atoms. The van der Waals surface area contributed by atoms with Crippen molar-refractivity contribution in [3.8, 4) is 0 Å². The van der Waals surface area contributed by atoms with E-state index in [0.29, 0.717) is 5.00 Å². The molecule has 0 spiro atoms. The predicted octanol–water partition coefficient (Wildman–Crippen LogP) is 1.99. The van der Waals surface area contributed by atoms with E-state index in [0.717, 1.165) is 10.4 Å². The maximum Gasteiger partial charge on any atom is 0.341 e. The molecule has 0 atom stereocenters. The molecule has 0 aliphatic rings. The highest BCUT2D eigenvalue weighted by atomic mass is 32.1. The van der Waals surface area contributed by atoms with Gasteiger partial charge < -0.3 is 15.8 Å². The Hall–Kier alpha value is -1.89.